The van der Waals surface area contributed by atoms with Crippen LogP contribution in [0.15, 0.2) is 18.2 Å². The fraction of sp³-hybridized carbons (Fsp3) is 0.500. The lowest BCUT2D eigenvalue weighted by Crippen LogP contribution is -2.38. The van der Waals surface area contributed by atoms with Crippen LogP contribution >= 0.6 is 0 Å². The topological polar surface area (TPSA) is 82.1 Å². The van der Waals surface area contributed by atoms with Crippen molar-refractivity contribution in [3.63, 3.8) is 0 Å². The van der Waals surface area contributed by atoms with Crippen LogP contribution in [-0.4, -0.2) is 61.9 Å². The molecule has 0 unspecified atom stereocenters. The van der Waals surface area contributed by atoms with E-state index >= 15 is 0 Å². The average molecular weight is 375 g/mol. The number of ether oxygens (including phenoxy) is 1. The molecule has 0 aromatic heterocycles. The van der Waals surface area contributed by atoms with Crippen molar-refractivity contribution < 1.29 is 32.6 Å². The highest BCUT2D eigenvalue weighted by Crippen LogP contribution is 2.35. The zero-order valence-corrected chi connectivity index (χ0v) is 14.2. The first-order valence-electron chi connectivity index (χ1n) is 7.96. The number of alkyl halides is 3. The van der Waals surface area contributed by atoms with E-state index in [1.807, 2.05) is 4.90 Å². The Kier molecular flexibility index (Phi) is 6.30. The van der Waals surface area contributed by atoms with E-state index in [1.165, 1.54) is 13.1 Å². The van der Waals surface area contributed by atoms with Crippen molar-refractivity contribution in [1.29, 1.82) is 0 Å². The number of morpholine rings is 1. The Morgan fingerprint density at radius 1 is 1.31 bits per heavy atom. The van der Waals surface area contributed by atoms with Crippen molar-refractivity contribution in [3.8, 4) is 0 Å². The number of nitrogens with zero attached hydrogens (tertiary/aromatic N) is 2. The molecule has 0 radical (unpaired) electrons. The van der Waals surface area contributed by atoms with Crippen LogP contribution in [0.3, 0.4) is 0 Å². The summed E-state index contributed by atoms with van der Waals surface area (Å²) in [5.41, 5.74) is -0.395. The van der Waals surface area contributed by atoms with Gasteiger partial charge in [0.1, 0.15) is 0 Å². The van der Waals surface area contributed by atoms with Gasteiger partial charge < -0.3 is 25.0 Å². The Morgan fingerprint density at radius 2 is 1.96 bits per heavy atom. The molecule has 26 heavy (non-hydrogen) atoms. The highest BCUT2D eigenvalue weighted by molar-refractivity contribution is 5.93. The minimum atomic E-state index is -4.54. The number of carboxylic acid groups (broad SMARTS) is 1. The van der Waals surface area contributed by atoms with Gasteiger partial charge in [-0.25, -0.2) is 4.79 Å². The molecule has 2 amide bonds. The van der Waals surface area contributed by atoms with E-state index in [-0.39, 0.29) is 18.7 Å². The van der Waals surface area contributed by atoms with Crippen molar-refractivity contribution >= 4 is 23.4 Å². The van der Waals surface area contributed by atoms with E-state index in [4.69, 9.17) is 9.84 Å². The Bertz CT molecular complexity index is 661. The second kappa shape index (κ2) is 8.26. The van der Waals surface area contributed by atoms with Crippen LogP contribution in [-0.2, 0) is 15.7 Å². The normalized spacial score (nSPS) is 14.8. The monoisotopic (exact) mass is 375 g/mol. The molecule has 7 nitrogen and oxygen atoms in total. The summed E-state index contributed by atoms with van der Waals surface area (Å²) >= 11 is 0. The second-order valence-electron chi connectivity index (χ2n) is 5.82. The van der Waals surface area contributed by atoms with E-state index in [9.17, 15) is 22.8 Å². The number of aliphatic carboxylic acids is 1. The lowest BCUT2D eigenvalue weighted by molar-refractivity contribution is -0.138. The molecule has 0 aliphatic carbocycles. The molecular formula is C16H20F3N3O4. The Morgan fingerprint density at radius 3 is 2.54 bits per heavy atom. The van der Waals surface area contributed by atoms with Gasteiger partial charge in [-0.05, 0) is 18.2 Å². The third-order valence-electron chi connectivity index (χ3n) is 3.93. The molecule has 1 aliphatic heterocycles. The molecule has 1 aromatic rings. The quantitative estimate of drug-likeness (QED) is 0.826. The smallest absolute Gasteiger partial charge is 0.416 e. The molecule has 0 saturated carbocycles. The number of amides is 2. The molecule has 1 heterocycles. The van der Waals surface area contributed by atoms with Crippen LogP contribution < -0.4 is 10.2 Å². The van der Waals surface area contributed by atoms with Gasteiger partial charge in [0.25, 0.3) is 0 Å². The van der Waals surface area contributed by atoms with Gasteiger partial charge in [-0.2, -0.15) is 13.2 Å². The standard InChI is InChI=1S/C16H20F3N3O4/c1-21(5-4-14(23)24)15(25)20-12-10-11(16(17,18)19)2-3-13(12)22-6-8-26-9-7-22/h2-3,10H,4-9H2,1H3,(H,20,25)(H,23,24). The summed E-state index contributed by atoms with van der Waals surface area (Å²) in [6.07, 6.45) is -4.80. The van der Waals surface area contributed by atoms with Gasteiger partial charge in [-0.15, -0.1) is 0 Å². The molecule has 1 fully saturated rings. The zero-order valence-electron chi connectivity index (χ0n) is 14.2. The maximum Gasteiger partial charge on any atom is 0.416 e. The number of carboxylic acids is 1. The maximum atomic E-state index is 13.0. The highest BCUT2D eigenvalue weighted by atomic mass is 19.4. The maximum absolute atomic E-state index is 13.0. The molecule has 1 aliphatic rings. The number of nitrogens with one attached hydrogen (secondary N) is 1. The molecule has 1 saturated heterocycles. The van der Waals surface area contributed by atoms with Crippen molar-refractivity contribution in [2.45, 2.75) is 12.6 Å². The highest BCUT2D eigenvalue weighted by Gasteiger charge is 2.32. The third-order valence-corrected chi connectivity index (χ3v) is 3.93. The minimum Gasteiger partial charge on any atom is -0.481 e. The largest absolute Gasteiger partial charge is 0.481 e. The molecule has 144 valence electrons. The molecule has 0 atom stereocenters. The predicted molar refractivity (Wildman–Crippen MR) is 88.4 cm³/mol. The summed E-state index contributed by atoms with van der Waals surface area (Å²) in [6, 6.07) is 2.49. The van der Waals surface area contributed by atoms with Gasteiger partial charge in [0.2, 0.25) is 0 Å². The molecular weight excluding hydrogens is 355 g/mol. The lowest BCUT2D eigenvalue weighted by atomic mass is 10.1. The molecule has 1 aromatic carbocycles. The number of hydrogen-bond acceptors (Lipinski definition) is 4. The summed E-state index contributed by atoms with van der Waals surface area (Å²) in [5.74, 6) is -1.07. The number of benzene rings is 1. The van der Waals surface area contributed by atoms with Gasteiger partial charge in [0.05, 0.1) is 36.6 Å². The zero-order chi connectivity index (χ0) is 19.3. The van der Waals surface area contributed by atoms with Gasteiger partial charge in [-0.1, -0.05) is 0 Å². The van der Waals surface area contributed by atoms with Crippen molar-refractivity contribution in [3.05, 3.63) is 23.8 Å². The fourth-order valence-corrected chi connectivity index (χ4v) is 2.47. The van der Waals surface area contributed by atoms with Crippen LogP contribution in [0, 0.1) is 0 Å². The number of halogens is 3. The second-order valence-corrected chi connectivity index (χ2v) is 5.82. The van der Waals surface area contributed by atoms with E-state index in [0.717, 1.165) is 17.0 Å². The number of rotatable bonds is 5. The van der Waals surface area contributed by atoms with Crippen LogP contribution in [0.25, 0.3) is 0 Å². The SMILES string of the molecule is CN(CCC(=O)O)C(=O)Nc1cc(C(F)(F)F)ccc1N1CCOCC1. The summed E-state index contributed by atoms with van der Waals surface area (Å²) in [5, 5.41) is 11.1. The lowest BCUT2D eigenvalue weighted by Gasteiger charge is -2.31. The summed E-state index contributed by atoms with van der Waals surface area (Å²) in [4.78, 5) is 25.8. The number of anilines is 2. The van der Waals surface area contributed by atoms with E-state index in [0.29, 0.717) is 32.0 Å². The molecule has 0 spiro atoms. The Balaban J connectivity index is 2.24. The number of carbonyl (C=O) groups excluding carboxylic acids is 1. The van der Waals surface area contributed by atoms with Crippen molar-refractivity contribution in [1.82, 2.24) is 4.90 Å². The molecule has 0 bridgehead atoms. The first-order chi connectivity index (χ1) is 12.2. The first-order valence-corrected chi connectivity index (χ1v) is 7.96. The van der Waals surface area contributed by atoms with Gasteiger partial charge in [-0.3, -0.25) is 4.79 Å². The molecule has 2 rings (SSSR count). The Hall–Kier alpha value is -2.49. The van der Waals surface area contributed by atoms with Gasteiger partial charge in [0, 0.05) is 26.7 Å². The number of hydrogen-bond donors (Lipinski definition) is 2. The van der Waals surface area contributed by atoms with Crippen LogP contribution in [0.1, 0.15) is 12.0 Å². The molecule has 2 N–H and O–H groups in total. The summed E-state index contributed by atoms with van der Waals surface area (Å²) in [6.45, 7) is 1.79. The van der Waals surface area contributed by atoms with Gasteiger partial charge in [0.15, 0.2) is 0 Å². The minimum absolute atomic E-state index is 0.0221. The number of carbonyl (C=O) groups is 2. The first kappa shape index (κ1) is 19.8. The average Bonchev–Trinajstić information content (AvgIpc) is 2.59. The van der Waals surface area contributed by atoms with Gasteiger partial charge >= 0.3 is 18.2 Å². The van der Waals surface area contributed by atoms with Crippen molar-refractivity contribution in [2.24, 2.45) is 0 Å². The molecule has 10 heteroatoms. The van der Waals surface area contributed by atoms with E-state index in [1.54, 1.807) is 0 Å². The fourth-order valence-electron chi connectivity index (χ4n) is 2.47. The predicted octanol–water partition coefficient (Wildman–Crippen LogP) is 2.48. The summed E-state index contributed by atoms with van der Waals surface area (Å²) < 4.78 is 44.3. The van der Waals surface area contributed by atoms with Crippen LogP contribution in [0.2, 0.25) is 0 Å². The van der Waals surface area contributed by atoms with E-state index in [2.05, 4.69) is 5.32 Å². The van der Waals surface area contributed by atoms with Crippen LogP contribution in [0.5, 0.6) is 0 Å². The Labute approximate surface area is 148 Å². The van der Waals surface area contributed by atoms with Crippen LogP contribution in [0.4, 0.5) is 29.3 Å². The third kappa shape index (κ3) is 5.25. The number of urea groups is 1. The summed E-state index contributed by atoms with van der Waals surface area (Å²) in [7, 11) is 1.38. The van der Waals surface area contributed by atoms with E-state index < -0.39 is 23.7 Å². The van der Waals surface area contributed by atoms with Crippen molar-refractivity contribution in [2.75, 3.05) is 50.1 Å².